The highest BCUT2D eigenvalue weighted by Gasteiger charge is 2.61. The Morgan fingerprint density at radius 1 is 1.15 bits per heavy atom. The van der Waals surface area contributed by atoms with Gasteiger partial charge in [-0.05, 0) is 38.8 Å². The summed E-state index contributed by atoms with van der Waals surface area (Å²) >= 11 is 0. The Kier molecular flexibility index (Phi) is 7.48. The molecule has 34 heavy (non-hydrogen) atoms. The molecule has 1 spiro atoms. The smallest absolute Gasteiger partial charge is 0.414 e. The van der Waals surface area contributed by atoms with Gasteiger partial charge in [0.1, 0.15) is 11.3 Å². The molecule has 2 aliphatic rings. The fourth-order valence-corrected chi connectivity index (χ4v) is 4.56. The molecule has 0 aromatic heterocycles. The molecule has 184 valence electrons. The zero-order valence-electron chi connectivity index (χ0n) is 19.5. The summed E-state index contributed by atoms with van der Waals surface area (Å²) in [7, 11) is 0. The van der Waals surface area contributed by atoms with E-state index in [2.05, 4.69) is 11.9 Å². The molecule has 1 unspecified atom stereocenters. The predicted molar refractivity (Wildman–Crippen MR) is 122 cm³/mol. The van der Waals surface area contributed by atoms with Crippen LogP contribution in [0, 0.1) is 5.41 Å². The zero-order chi connectivity index (χ0) is 24.9. The van der Waals surface area contributed by atoms with Crippen LogP contribution >= 0.6 is 0 Å². The van der Waals surface area contributed by atoms with E-state index < -0.39 is 28.9 Å². The lowest BCUT2D eigenvalue weighted by Crippen LogP contribution is -2.59. The molecular weight excluding hydrogens is 442 g/mol. The molecule has 10 heteroatoms. The van der Waals surface area contributed by atoms with Crippen LogP contribution in [0.2, 0.25) is 0 Å². The Morgan fingerprint density at radius 2 is 1.82 bits per heavy atom. The lowest BCUT2D eigenvalue weighted by Gasteiger charge is -2.47. The summed E-state index contributed by atoms with van der Waals surface area (Å²) in [4.78, 5) is 51.9. The third-order valence-corrected chi connectivity index (χ3v) is 6.14. The van der Waals surface area contributed by atoms with Crippen molar-refractivity contribution in [2.24, 2.45) is 5.41 Å². The van der Waals surface area contributed by atoms with Gasteiger partial charge < -0.3 is 29.7 Å². The van der Waals surface area contributed by atoms with Crippen LogP contribution in [0.5, 0.6) is 5.75 Å². The number of nitrogens with one attached hydrogen (secondary N) is 1. The predicted octanol–water partition coefficient (Wildman–Crippen LogP) is 2.01. The number of carbonyl (C=O) groups excluding carboxylic acids is 3. The normalized spacial score (nSPS) is 20.4. The minimum Gasteiger partial charge on any atom is -0.494 e. The Balaban J connectivity index is 1.48. The van der Waals surface area contributed by atoms with E-state index in [9.17, 15) is 24.3 Å². The first kappa shape index (κ1) is 25.1. The van der Waals surface area contributed by atoms with Crippen molar-refractivity contribution in [3.05, 3.63) is 42.7 Å². The number of rotatable bonds is 9. The Morgan fingerprint density at radius 3 is 2.44 bits per heavy atom. The molecule has 2 aliphatic heterocycles. The molecule has 0 bridgehead atoms. The highest BCUT2D eigenvalue weighted by molar-refractivity contribution is 5.90. The molecule has 1 aromatic carbocycles. The topological polar surface area (TPSA) is 125 Å². The third kappa shape index (κ3) is 5.67. The van der Waals surface area contributed by atoms with Gasteiger partial charge >= 0.3 is 12.1 Å². The fraction of sp³-hybridized carbons (Fsp3) is 0.500. The molecule has 0 radical (unpaired) electrons. The standard InChI is InChI=1S/C24H31N3O7/c1-17(2)34-22(32)26-14-24(15-26)13-23(3,21(30)31)27(16-24)20(29)12-25-19(28)10-7-11-33-18-8-5-4-6-9-18/h4-6,8-9H,1,7,10-16H2,2-3H3,(H,25,28)(H,30,31). The molecule has 3 rings (SSSR count). The summed E-state index contributed by atoms with van der Waals surface area (Å²) in [5, 5.41) is 12.4. The van der Waals surface area contributed by atoms with E-state index in [1.165, 1.54) is 16.7 Å². The quantitative estimate of drug-likeness (QED) is 0.415. The first-order chi connectivity index (χ1) is 16.0. The number of benzene rings is 1. The van der Waals surface area contributed by atoms with E-state index in [4.69, 9.17) is 9.47 Å². The monoisotopic (exact) mass is 473 g/mol. The lowest BCUT2D eigenvalue weighted by atomic mass is 9.75. The van der Waals surface area contributed by atoms with Gasteiger partial charge in [0.2, 0.25) is 11.8 Å². The molecule has 0 aliphatic carbocycles. The maximum atomic E-state index is 12.9. The Labute approximate surface area is 198 Å². The number of hydrogen-bond donors (Lipinski definition) is 2. The number of amides is 3. The van der Waals surface area contributed by atoms with Crippen LogP contribution in [-0.4, -0.2) is 77.1 Å². The van der Waals surface area contributed by atoms with Crippen LogP contribution in [0.3, 0.4) is 0 Å². The molecule has 2 saturated heterocycles. The Bertz CT molecular complexity index is 959. The summed E-state index contributed by atoms with van der Waals surface area (Å²) in [5.74, 6) is -0.916. The number of carbonyl (C=O) groups is 4. The van der Waals surface area contributed by atoms with E-state index >= 15 is 0 Å². The number of likely N-dealkylation sites (tertiary alicyclic amines) is 2. The van der Waals surface area contributed by atoms with Crippen molar-refractivity contribution in [1.29, 1.82) is 0 Å². The van der Waals surface area contributed by atoms with E-state index in [1.54, 1.807) is 6.92 Å². The summed E-state index contributed by atoms with van der Waals surface area (Å²) in [6, 6.07) is 9.25. The molecule has 1 aromatic rings. The van der Waals surface area contributed by atoms with Crippen LogP contribution in [-0.2, 0) is 19.1 Å². The Hall–Kier alpha value is -3.56. The van der Waals surface area contributed by atoms with Gasteiger partial charge in [0.05, 0.1) is 18.9 Å². The molecule has 10 nitrogen and oxygen atoms in total. The molecule has 3 amide bonds. The molecule has 2 heterocycles. The van der Waals surface area contributed by atoms with E-state index in [0.29, 0.717) is 26.1 Å². The summed E-state index contributed by atoms with van der Waals surface area (Å²) in [6.45, 7) is 7.44. The average Bonchev–Trinajstić information content (AvgIpc) is 3.09. The first-order valence-electron chi connectivity index (χ1n) is 11.2. The summed E-state index contributed by atoms with van der Waals surface area (Å²) in [6.07, 6.45) is 0.330. The van der Waals surface area contributed by atoms with Gasteiger partial charge in [0.25, 0.3) is 0 Å². The van der Waals surface area contributed by atoms with Crippen molar-refractivity contribution in [2.75, 3.05) is 32.8 Å². The SMILES string of the molecule is C=C(C)OC(=O)N1CC2(C1)CN(C(=O)CNC(=O)CCCOc1ccccc1)C(C)(C(=O)O)C2. The average molecular weight is 474 g/mol. The second-order valence-electron chi connectivity index (χ2n) is 9.20. The van der Waals surface area contributed by atoms with Crippen LogP contribution in [0.4, 0.5) is 4.79 Å². The van der Waals surface area contributed by atoms with Crippen molar-refractivity contribution in [2.45, 2.75) is 38.6 Å². The fourth-order valence-electron chi connectivity index (χ4n) is 4.56. The number of para-hydroxylation sites is 1. The van der Waals surface area contributed by atoms with E-state index in [0.717, 1.165) is 5.75 Å². The first-order valence-corrected chi connectivity index (χ1v) is 11.2. The lowest BCUT2D eigenvalue weighted by molar-refractivity contribution is -0.155. The van der Waals surface area contributed by atoms with Crippen LogP contribution in [0.15, 0.2) is 42.7 Å². The van der Waals surface area contributed by atoms with Crippen LogP contribution < -0.4 is 10.1 Å². The van der Waals surface area contributed by atoms with Crippen LogP contribution in [0.25, 0.3) is 0 Å². The maximum absolute atomic E-state index is 12.9. The van der Waals surface area contributed by atoms with Gasteiger partial charge in [-0.2, -0.15) is 0 Å². The van der Waals surface area contributed by atoms with Gasteiger partial charge in [-0.25, -0.2) is 9.59 Å². The molecule has 2 N–H and O–H groups in total. The second kappa shape index (κ2) is 10.1. The van der Waals surface area contributed by atoms with Crippen LogP contribution in [0.1, 0.15) is 33.1 Å². The number of aliphatic carboxylic acids is 1. The summed E-state index contributed by atoms with van der Waals surface area (Å²) in [5.41, 5.74) is -1.94. The van der Waals surface area contributed by atoms with Crippen molar-refractivity contribution >= 4 is 23.9 Å². The van der Waals surface area contributed by atoms with Gasteiger partial charge in [-0.3, -0.25) is 9.59 Å². The van der Waals surface area contributed by atoms with Crippen molar-refractivity contribution in [3.63, 3.8) is 0 Å². The van der Waals surface area contributed by atoms with Crippen molar-refractivity contribution < 1.29 is 33.8 Å². The third-order valence-electron chi connectivity index (χ3n) is 6.14. The number of ether oxygens (including phenoxy) is 2. The van der Waals surface area contributed by atoms with Gasteiger partial charge in [0.15, 0.2) is 0 Å². The number of carboxylic acids is 1. The van der Waals surface area contributed by atoms with E-state index in [-0.39, 0.29) is 37.6 Å². The number of hydrogen-bond acceptors (Lipinski definition) is 6. The largest absolute Gasteiger partial charge is 0.494 e. The van der Waals surface area contributed by atoms with Gasteiger partial charge in [0, 0.05) is 31.5 Å². The molecular formula is C24H31N3O7. The number of allylic oxidation sites excluding steroid dienone is 1. The summed E-state index contributed by atoms with van der Waals surface area (Å²) < 4.78 is 10.5. The van der Waals surface area contributed by atoms with E-state index in [1.807, 2.05) is 30.3 Å². The van der Waals surface area contributed by atoms with Gasteiger partial charge in [-0.1, -0.05) is 24.8 Å². The highest BCUT2D eigenvalue weighted by atomic mass is 16.6. The van der Waals surface area contributed by atoms with Crippen molar-refractivity contribution in [3.8, 4) is 5.75 Å². The number of carboxylic acid groups (broad SMARTS) is 1. The van der Waals surface area contributed by atoms with Gasteiger partial charge in [-0.15, -0.1) is 0 Å². The zero-order valence-corrected chi connectivity index (χ0v) is 19.5. The molecule has 1 atom stereocenters. The minimum absolute atomic E-state index is 0.181. The highest BCUT2D eigenvalue weighted by Crippen LogP contribution is 2.47. The van der Waals surface area contributed by atoms with Crippen molar-refractivity contribution in [1.82, 2.24) is 15.1 Å². The molecule has 0 saturated carbocycles. The second-order valence-corrected chi connectivity index (χ2v) is 9.20. The minimum atomic E-state index is -1.42. The maximum Gasteiger partial charge on any atom is 0.414 e. The molecule has 2 fully saturated rings. The number of nitrogens with zero attached hydrogens (tertiary/aromatic N) is 2.